The van der Waals surface area contributed by atoms with Gasteiger partial charge in [-0.05, 0) is 30.0 Å². The molecule has 0 atom stereocenters. The first kappa shape index (κ1) is 19.2. The zero-order valence-corrected chi connectivity index (χ0v) is 17.5. The van der Waals surface area contributed by atoms with Gasteiger partial charge in [0.25, 0.3) is 0 Å². The Bertz CT molecular complexity index is 1010. The van der Waals surface area contributed by atoms with Crippen LogP contribution in [0.4, 0.5) is 0 Å². The van der Waals surface area contributed by atoms with E-state index in [1.165, 1.54) is 18.2 Å². The van der Waals surface area contributed by atoms with Gasteiger partial charge in [-0.25, -0.2) is 4.98 Å². The summed E-state index contributed by atoms with van der Waals surface area (Å²) in [5, 5.41) is 4.59. The van der Waals surface area contributed by atoms with Gasteiger partial charge < -0.3 is 14.8 Å². The second kappa shape index (κ2) is 7.73. The van der Waals surface area contributed by atoms with Crippen LogP contribution >= 0.6 is 24.0 Å². The number of thiol groups is 1. The molecule has 0 aliphatic heterocycles. The van der Waals surface area contributed by atoms with Crippen LogP contribution in [0.5, 0.6) is 5.75 Å². The van der Waals surface area contributed by atoms with Gasteiger partial charge in [0.2, 0.25) is 0 Å². The number of thiazole rings is 1. The highest BCUT2D eigenvalue weighted by Crippen LogP contribution is 2.35. The van der Waals surface area contributed by atoms with E-state index in [0.29, 0.717) is 13.0 Å². The minimum Gasteiger partial charge on any atom is -0.496 e. The minimum absolute atomic E-state index is 0.200. The Kier molecular flexibility index (Phi) is 5.31. The van der Waals surface area contributed by atoms with Crippen molar-refractivity contribution < 1.29 is 14.3 Å². The molecule has 2 aromatic carbocycles. The molecule has 0 radical (unpaired) electrons. The molecule has 0 unspecified atom stereocenters. The van der Waals surface area contributed by atoms with E-state index < -0.39 is 0 Å². The van der Waals surface area contributed by atoms with Gasteiger partial charge in [0, 0.05) is 23.0 Å². The van der Waals surface area contributed by atoms with Crippen molar-refractivity contribution in [1.29, 1.82) is 0 Å². The van der Waals surface area contributed by atoms with Crippen molar-refractivity contribution in [3.8, 4) is 5.75 Å². The molecular formula is C21H22N2O3S2. The predicted molar refractivity (Wildman–Crippen MR) is 113 cm³/mol. The Morgan fingerprint density at radius 2 is 1.96 bits per heavy atom. The number of esters is 1. The molecule has 5 nitrogen and oxygen atoms in total. The van der Waals surface area contributed by atoms with Crippen LogP contribution in [0.2, 0.25) is 0 Å². The normalized spacial score (nSPS) is 14.8. The van der Waals surface area contributed by atoms with Gasteiger partial charge in [0.05, 0.1) is 30.9 Å². The average Bonchev–Trinajstić information content (AvgIpc) is 3.25. The summed E-state index contributed by atoms with van der Waals surface area (Å²) >= 11 is 6.07. The number of nitrogens with one attached hydrogen (secondary N) is 1. The molecular weight excluding hydrogens is 392 g/mol. The number of aromatic nitrogens is 1. The highest BCUT2D eigenvalue weighted by atomic mass is 32.1. The van der Waals surface area contributed by atoms with E-state index in [2.05, 4.69) is 30.1 Å². The van der Waals surface area contributed by atoms with E-state index in [4.69, 9.17) is 14.5 Å². The van der Waals surface area contributed by atoms with Gasteiger partial charge in [0.15, 0.2) is 0 Å². The average molecular weight is 415 g/mol. The lowest BCUT2D eigenvalue weighted by atomic mass is 9.91. The quantitative estimate of drug-likeness (QED) is 0.475. The number of nitrogens with zero attached hydrogens (tertiary/aromatic N) is 1. The van der Waals surface area contributed by atoms with Gasteiger partial charge in [-0.1, -0.05) is 24.3 Å². The molecule has 1 aliphatic carbocycles. The first-order chi connectivity index (χ1) is 13.5. The number of hydrogen-bond donors (Lipinski definition) is 2. The molecule has 0 saturated carbocycles. The number of benzene rings is 2. The maximum atomic E-state index is 12.1. The summed E-state index contributed by atoms with van der Waals surface area (Å²) < 4.78 is 11.4. The molecule has 0 bridgehead atoms. The first-order valence-electron chi connectivity index (χ1n) is 9.07. The fraction of sp³-hybridized carbons (Fsp3) is 0.333. The Morgan fingerprint density at radius 1 is 1.25 bits per heavy atom. The maximum Gasteiger partial charge on any atom is 0.307 e. The van der Waals surface area contributed by atoms with E-state index >= 15 is 0 Å². The Labute approximate surface area is 173 Å². The van der Waals surface area contributed by atoms with Crippen LogP contribution < -0.4 is 10.1 Å². The van der Waals surface area contributed by atoms with E-state index in [1.807, 2.05) is 24.3 Å². The van der Waals surface area contributed by atoms with Gasteiger partial charge >= 0.3 is 5.97 Å². The van der Waals surface area contributed by atoms with Gasteiger partial charge in [-0.15, -0.1) is 24.0 Å². The van der Waals surface area contributed by atoms with Crippen LogP contribution in [-0.4, -0.2) is 30.7 Å². The first-order valence-corrected chi connectivity index (χ1v) is 10.3. The number of carbonyl (C=O) groups is 1. The van der Waals surface area contributed by atoms with Crippen molar-refractivity contribution in [3.63, 3.8) is 0 Å². The summed E-state index contributed by atoms with van der Waals surface area (Å²) in [4.78, 5) is 17.6. The zero-order valence-electron chi connectivity index (χ0n) is 15.8. The minimum atomic E-state index is -0.346. The topological polar surface area (TPSA) is 60.5 Å². The highest BCUT2D eigenvalue weighted by Gasteiger charge is 2.39. The second-order valence-corrected chi connectivity index (χ2v) is 8.71. The third-order valence-electron chi connectivity index (χ3n) is 5.23. The third kappa shape index (κ3) is 3.74. The van der Waals surface area contributed by atoms with Gasteiger partial charge in [-0.3, -0.25) is 4.79 Å². The predicted octanol–water partition coefficient (Wildman–Crippen LogP) is 3.78. The van der Waals surface area contributed by atoms with E-state index in [1.54, 1.807) is 18.4 Å². The molecule has 146 valence electrons. The van der Waals surface area contributed by atoms with Crippen LogP contribution in [0.15, 0.2) is 41.3 Å². The van der Waals surface area contributed by atoms with Crippen LogP contribution in [0.3, 0.4) is 0 Å². The largest absolute Gasteiger partial charge is 0.496 e. The summed E-state index contributed by atoms with van der Waals surface area (Å²) in [7, 11) is 3.08. The fourth-order valence-electron chi connectivity index (χ4n) is 3.85. The smallest absolute Gasteiger partial charge is 0.307 e. The van der Waals surface area contributed by atoms with Crippen molar-refractivity contribution >= 4 is 40.2 Å². The SMILES string of the molecule is COC(=O)CC1(NCc2nc3cc(S)c(OC)cc3s2)Cc2ccccc2C1. The molecule has 28 heavy (non-hydrogen) atoms. The second-order valence-electron chi connectivity index (χ2n) is 7.11. The molecule has 0 saturated heterocycles. The molecule has 7 heteroatoms. The molecule has 3 aromatic rings. The Hall–Kier alpha value is -2.09. The zero-order chi connectivity index (χ0) is 19.7. The molecule has 1 aliphatic rings. The number of carbonyl (C=O) groups excluding carboxylic acids is 1. The maximum absolute atomic E-state index is 12.1. The molecule has 0 fully saturated rings. The van der Waals surface area contributed by atoms with Gasteiger partial charge in [-0.2, -0.15) is 0 Å². The molecule has 4 rings (SSSR count). The number of hydrogen-bond acceptors (Lipinski definition) is 7. The van der Waals surface area contributed by atoms with Crippen LogP contribution in [0, 0.1) is 0 Å². The molecule has 0 amide bonds. The van der Waals surface area contributed by atoms with Crippen LogP contribution in [0.1, 0.15) is 22.6 Å². The standard InChI is InChI=1S/C21H22N2O3S2/c1-25-16-8-18-15(7-17(16)27)23-19(28-18)12-22-21(11-20(24)26-2)9-13-5-3-4-6-14(13)10-21/h3-8,22,27H,9-12H2,1-2H3. The Balaban J connectivity index is 1.57. The van der Waals surface area contributed by atoms with Crippen molar-refractivity contribution in [3.05, 3.63) is 52.5 Å². The fourth-order valence-corrected chi connectivity index (χ4v) is 5.04. The third-order valence-corrected chi connectivity index (χ3v) is 6.60. The lowest BCUT2D eigenvalue weighted by Gasteiger charge is -2.29. The molecule has 1 aromatic heterocycles. The van der Waals surface area contributed by atoms with Crippen LogP contribution in [-0.2, 0) is 28.9 Å². The van der Waals surface area contributed by atoms with E-state index in [-0.39, 0.29) is 11.5 Å². The monoisotopic (exact) mass is 414 g/mol. The van der Waals surface area contributed by atoms with E-state index in [0.717, 1.165) is 38.7 Å². The summed E-state index contributed by atoms with van der Waals surface area (Å²) in [6, 6.07) is 12.2. The summed E-state index contributed by atoms with van der Waals surface area (Å²) in [5.74, 6) is 0.543. The van der Waals surface area contributed by atoms with Crippen LogP contribution in [0.25, 0.3) is 10.2 Å². The number of rotatable bonds is 6. The van der Waals surface area contributed by atoms with Gasteiger partial charge in [0.1, 0.15) is 10.8 Å². The van der Waals surface area contributed by atoms with Crippen molar-refractivity contribution in [1.82, 2.24) is 10.3 Å². The lowest BCUT2D eigenvalue weighted by molar-refractivity contribution is -0.142. The lowest BCUT2D eigenvalue weighted by Crippen LogP contribution is -2.47. The Morgan fingerprint density at radius 3 is 2.61 bits per heavy atom. The van der Waals surface area contributed by atoms with Crippen molar-refractivity contribution in [2.75, 3.05) is 14.2 Å². The molecule has 1 heterocycles. The number of methoxy groups -OCH3 is 2. The van der Waals surface area contributed by atoms with Crippen molar-refractivity contribution in [2.45, 2.75) is 36.2 Å². The number of fused-ring (bicyclic) bond motifs is 2. The summed E-state index contributed by atoms with van der Waals surface area (Å²) in [6.45, 7) is 0.592. The summed E-state index contributed by atoms with van der Waals surface area (Å²) in [6.07, 6.45) is 1.94. The van der Waals surface area contributed by atoms with Crippen molar-refractivity contribution in [2.24, 2.45) is 0 Å². The molecule has 0 spiro atoms. The summed E-state index contributed by atoms with van der Waals surface area (Å²) in [5.41, 5.74) is 3.13. The van der Waals surface area contributed by atoms with E-state index in [9.17, 15) is 4.79 Å². The highest BCUT2D eigenvalue weighted by molar-refractivity contribution is 7.80. The number of ether oxygens (including phenoxy) is 2. The molecule has 1 N–H and O–H groups in total.